The fourth-order valence-corrected chi connectivity index (χ4v) is 4.96. The third-order valence-corrected chi connectivity index (χ3v) is 6.67. The maximum absolute atomic E-state index is 13.6. The molecule has 1 unspecified atom stereocenters. The number of nitrogens with two attached hydrogens (primary N) is 1. The SMILES string of the molecule is CC(C)(C)OC(=O)N1C[C@@H](n2nncc2C(C)(C)O)C[C@H]1C(=O)NC1(C(O)C(N)=O)CCCCC1. The zero-order chi connectivity index (χ0) is 26.2. The van der Waals surface area contributed by atoms with Gasteiger partial charge >= 0.3 is 6.09 Å². The lowest BCUT2D eigenvalue weighted by atomic mass is 9.77. The third kappa shape index (κ3) is 5.92. The fourth-order valence-electron chi connectivity index (χ4n) is 4.96. The minimum Gasteiger partial charge on any atom is -0.444 e. The Morgan fingerprint density at radius 2 is 1.83 bits per heavy atom. The summed E-state index contributed by atoms with van der Waals surface area (Å²) in [6.45, 7) is 8.51. The molecule has 3 atom stereocenters. The molecule has 0 aromatic carbocycles. The predicted octanol–water partition coefficient (Wildman–Crippen LogP) is 0.721. The molecule has 1 saturated carbocycles. The molecule has 35 heavy (non-hydrogen) atoms. The van der Waals surface area contributed by atoms with Crippen LogP contribution in [-0.2, 0) is 19.9 Å². The maximum Gasteiger partial charge on any atom is 0.411 e. The van der Waals surface area contributed by atoms with Gasteiger partial charge in [0.1, 0.15) is 17.2 Å². The van der Waals surface area contributed by atoms with Gasteiger partial charge in [0.15, 0.2) is 6.10 Å². The highest BCUT2D eigenvalue weighted by molar-refractivity contribution is 5.88. The van der Waals surface area contributed by atoms with E-state index in [9.17, 15) is 24.6 Å². The van der Waals surface area contributed by atoms with Gasteiger partial charge in [0.25, 0.3) is 0 Å². The summed E-state index contributed by atoms with van der Waals surface area (Å²) in [4.78, 5) is 39.9. The number of nitrogens with zero attached hydrogens (tertiary/aromatic N) is 4. The van der Waals surface area contributed by atoms with E-state index in [1.54, 1.807) is 34.6 Å². The highest BCUT2D eigenvalue weighted by atomic mass is 16.6. The van der Waals surface area contributed by atoms with Crippen LogP contribution in [0.3, 0.4) is 0 Å². The van der Waals surface area contributed by atoms with E-state index in [2.05, 4.69) is 15.6 Å². The number of hydrogen-bond donors (Lipinski definition) is 4. The third-order valence-electron chi connectivity index (χ3n) is 6.67. The Kier molecular flexibility index (Phi) is 7.47. The molecule has 1 aliphatic carbocycles. The van der Waals surface area contributed by atoms with E-state index in [0.29, 0.717) is 18.5 Å². The van der Waals surface area contributed by atoms with Gasteiger partial charge in [0, 0.05) is 13.0 Å². The lowest BCUT2D eigenvalue weighted by molar-refractivity contribution is -0.137. The van der Waals surface area contributed by atoms with E-state index in [4.69, 9.17) is 10.5 Å². The lowest BCUT2D eigenvalue weighted by Gasteiger charge is -2.41. The second-order valence-electron chi connectivity index (χ2n) is 11.2. The minimum atomic E-state index is -1.55. The van der Waals surface area contributed by atoms with Crippen molar-refractivity contribution >= 4 is 17.9 Å². The molecule has 0 spiro atoms. The van der Waals surface area contributed by atoms with Gasteiger partial charge in [0.2, 0.25) is 11.8 Å². The van der Waals surface area contributed by atoms with Crippen LogP contribution in [0.15, 0.2) is 6.20 Å². The monoisotopic (exact) mass is 494 g/mol. The van der Waals surface area contributed by atoms with Crippen LogP contribution in [0.5, 0.6) is 0 Å². The Labute approximate surface area is 205 Å². The molecule has 2 fully saturated rings. The van der Waals surface area contributed by atoms with Gasteiger partial charge < -0.3 is 26.0 Å². The molecule has 0 bridgehead atoms. The van der Waals surface area contributed by atoms with Gasteiger partial charge in [-0.1, -0.05) is 24.5 Å². The number of hydrogen-bond acceptors (Lipinski definition) is 8. The largest absolute Gasteiger partial charge is 0.444 e. The van der Waals surface area contributed by atoms with Crippen LogP contribution in [0.4, 0.5) is 4.79 Å². The van der Waals surface area contributed by atoms with Crippen molar-refractivity contribution in [1.82, 2.24) is 25.2 Å². The number of ether oxygens (including phenoxy) is 1. The van der Waals surface area contributed by atoms with Gasteiger partial charge in [-0.25, -0.2) is 9.48 Å². The average molecular weight is 495 g/mol. The van der Waals surface area contributed by atoms with E-state index in [0.717, 1.165) is 19.3 Å². The number of rotatable bonds is 6. The minimum absolute atomic E-state index is 0.102. The number of likely N-dealkylation sites (tertiary alicyclic amines) is 1. The summed E-state index contributed by atoms with van der Waals surface area (Å²) in [6.07, 6.45) is 2.59. The highest BCUT2D eigenvalue weighted by Crippen LogP contribution is 2.35. The summed E-state index contributed by atoms with van der Waals surface area (Å²) in [5.74, 6) is -1.41. The standard InChI is InChI=1S/C23H38N6O6/c1-21(2,3)35-20(33)28-13-14(29-16(12-25-27-29)22(4,5)34)11-15(28)19(32)26-23(17(30)18(24)31)9-7-6-8-10-23/h12,14-15,17,30,34H,6-11,13H2,1-5H3,(H2,24,31)(H,26,32)/t14-,15-,17?/m0/s1. The van der Waals surface area contributed by atoms with Gasteiger partial charge in [-0.2, -0.15) is 0 Å². The van der Waals surface area contributed by atoms with E-state index in [1.807, 2.05) is 0 Å². The second kappa shape index (κ2) is 9.73. The molecule has 5 N–H and O–H groups in total. The summed E-state index contributed by atoms with van der Waals surface area (Å²) >= 11 is 0. The predicted molar refractivity (Wildman–Crippen MR) is 125 cm³/mol. The van der Waals surface area contributed by atoms with E-state index in [1.165, 1.54) is 15.8 Å². The Balaban J connectivity index is 1.91. The normalized spacial score (nSPS) is 23.6. The fraction of sp³-hybridized carbons (Fsp3) is 0.783. The Bertz CT molecular complexity index is 943. The molecule has 0 radical (unpaired) electrons. The van der Waals surface area contributed by atoms with Crippen molar-refractivity contribution < 1.29 is 29.3 Å². The van der Waals surface area contributed by atoms with Crippen LogP contribution in [0.2, 0.25) is 0 Å². The summed E-state index contributed by atoms with van der Waals surface area (Å²) in [5.41, 5.74) is 2.64. The summed E-state index contributed by atoms with van der Waals surface area (Å²) in [6, 6.07) is -1.40. The van der Waals surface area contributed by atoms with Gasteiger partial charge in [-0.15, -0.1) is 5.10 Å². The number of carbonyl (C=O) groups is 3. The molecule has 2 aliphatic rings. The van der Waals surface area contributed by atoms with Crippen molar-refractivity contribution in [3.05, 3.63) is 11.9 Å². The molecule has 3 amide bonds. The van der Waals surface area contributed by atoms with Crippen molar-refractivity contribution in [2.45, 2.75) is 108 Å². The quantitative estimate of drug-likeness (QED) is 0.448. The summed E-state index contributed by atoms with van der Waals surface area (Å²) in [5, 5.41) is 32.0. The smallest absolute Gasteiger partial charge is 0.411 e. The molecule has 3 rings (SSSR count). The first-order valence-electron chi connectivity index (χ1n) is 12.1. The summed E-state index contributed by atoms with van der Waals surface area (Å²) in [7, 11) is 0. The van der Waals surface area contributed by atoms with Gasteiger partial charge in [0.05, 0.1) is 23.5 Å². The first-order valence-corrected chi connectivity index (χ1v) is 12.1. The van der Waals surface area contributed by atoms with Crippen LogP contribution in [-0.4, -0.2) is 77.8 Å². The van der Waals surface area contributed by atoms with Crippen LogP contribution in [0.1, 0.15) is 84.9 Å². The molecule has 1 saturated heterocycles. The zero-order valence-corrected chi connectivity index (χ0v) is 21.2. The zero-order valence-electron chi connectivity index (χ0n) is 21.2. The number of carbonyl (C=O) groups excluding carboxylic acids is 3. The van der Waals surface area contributed by atoms with E-state index < -0.39 is 52.8 Å². The number of aliphatic hydroxyl groups is 2. The molecule has 1 aromatic rings. The number of aromatic nitrogens is 3. The number of primary amides is 1. The van der Waals surface area contributed by atoms with Crippen molar-refractivity contribution in [2.24, 2.45) is 5.73 Å². The van der Waals surface area contributed by atoms with E-state index >= 15 is 0 Å². The van der Waals surface area contributed by atoms with Gasteiger partial charge in [-0.3, -0.25) is 14.5 Å². The Morgan fingerprint density at radius 1 is 1.20 bits per heavy atom. The molecule has 12 nitrogen and oxygen atoms in total. The van der Waals surface area contributed by atoms with Gasteiger partial charge in [-0.05, 0) is 47.5 Å². The van der Waals surface area contributed by atoms with E-state index in [-0.39, 0.29) is 13.0 Å². The van der Waals surface area contributed by atoms with Crippen LogP contribution in [0, 0.1) is 0 Å². The average Bonchev–Trinajstić information content (AvgIpc) is 3.39. The first kappa shape index (κ1) is 26.9. The van der Waals surface area contributed by atoms with Crippen molar-refractivity contribution in [3.63, 3.8) is 0 Å². The van der Waals surface area contributed by atoms with Crippen LogP contribution >= 0.6 is 0 Å². The van der Waals surface area contributed by atoms with Crippen molar-refractivity contribution in [3.8, 4) is 0 Å². The number of amides is 3. The molecule has 12 heteroatoms. The van der Waals surface area contributed by atoms with Crippen molar-refractivity contribution in [1.29, 1.82) is 0 Å². The molecule has 196 valence electrons. The molecular weight excluding hydrogens is 456 g/mol. The molecule has 2 heterocycles. The Hall–Kier alpha value is -2.73. The molecular formula is C23H38N6O6. The maximum atomic E-state index is 13.6. The molecule has 1 aliphatic heterocycles. The highest BCUT2D eigenvalue weighted by Gasteiger charge is 2.48. The van der Waals surface area contributed by atoms with Crippen molar-refractivity contribution in [2.75, 3.05) is 6.54 Å². The summed E-state index contributed by atoms with van der Waals surface area (Å²) < 4.78 is 7.08. The first-order chi connectivity index (χ1) is 16.1. The Morgan fingerprint density at radius 3 is 2.37 bits per heavy atom. The lowest BCUT2D eigenvalue weighted by Crippen LogP contribution is -2.64. The second-order valence-corrected chi connectivity index (χ2v) is 11.2. The van der Waals surface area contributed by atoms with Crippen LogP contribution in [0.25, 0.3) is 0 Å². The number of nitrogens with one attached hydrogen (secondary N) is 1. The molecule has 1 aromatic heterocycles. The number of aliphatic hydroxyl groups excluding tert-OH is 1. The topological polar surface area (TPSA) is 173 Å². The van der Waals surface area contributed by atoms with Crippen LogP contribution < -0.4 is 11.1 Å².